The average molecular weight is 214 g/mol. The average Bonchev–Trinajstić information content (AvgIpc) is 2.48. The van der Waals surface area contributed by atoms with E-state index in [-0.39, 0.29) is 17.9 Å². The number of hydrogen-bond acceptors (Lipinski definition) is 3. The van der Waals surface area contributed by atoms with Crippen molar-refractivity contribution in [3.05, 3.63) is 0 Å². The smallest absolute Gasteiger partial charge is 0.308 e. The first-order valence-electron chi connectivity index (χ1n) is 5.29. The molecule has 5 heteroatoms. The van der Waals surface area contributed by atoms with Crippen molar-refractivity contribution in [3.63, 3.8) is 0 Å². The second-order valence-corrected chi connectivity index (χ2v) is 3.90. The van der Waals surface area contributed by atoms with Crippen molar-refractivity contribution < 1.29 is 14.7 Å². The molecular formula is C10H18N2O3. The van der Waals surface area contributed by atoms with E-state index < -0.39 is 5.97 Å². The van der Waals surface area contributed by atoms with Crippen LogP contribution in [0.1, 0.15) is 20.3 Å². The van der Waals surface area contributed by atoms with Crippen LogP contribution in [0.4, 0.5) is 0 Å². The molecule has 0 aromatic rings. The van der Waals surface area contributed by atoms with Crippen molar-refractivity contribution in [2.24, 2.45) is 5.92 Å². The highest BCUT2D eigenvalue weighted by molar-refractivity contribution is 5.78. The summed E-state index contributed by atoms with van der Waals surface area (Å²) in [6, 6.07) is -0.0508. The number of carbonyl (C=O) groups excluding carboxylic acids is 1. The Hall–Kier alpha value is -1.10. The minimum absolute atomic E-state index is 0.0320. The number of carbonyl (C=O) groups is 2. The summed E-state index contributed by atoms with van der Waals surface area (Å²) in [6.45, 7) is 5.34. The second-order valence-electron chi connectivity index (χ2n) is 3.90. The predicted molar refractivity (Wildman–Crippen MR) is 55.5 cm³/mol. The van der Waals surface area contributed by atoms with Gasteiger partial charge in [0, 0.05) is 12.6 Å². The number of rotatable bonds is 4. The summed E-state index contributed by atoms with van der Waals surface area (Å²) in [7, 11) is 0. The molecule has 1 aliphatic heterocycles. The van der Waals surface area contributed by atoms with E-state index in [0.29, 0.717) is 26.1 Å². The highest BCUT2D eigenvalue weighted by atomic mass is 16.4. The van der Waals surface area contributed by atoms with Gasteiger partial charge in [-0.3, -0.25) is 14.5 Å². The molecule has 86 valence electrons. The van der Waals surface area contributed by atoms with Gasteiger partial charge < -0.3 is 10.4 Å². The molecule has 2 atom stereocenters. The lowest BCUT2D eigenvalue weighted by Crippen LogP contribution is -2.40. The van der Waals surface area contributed by atoms with Gasteiger partial charge in [-0.2, -0.15) is 0 Å². The quantitative estimate of drug-likeness (QED) is 0.686. The Morgan fingerprint density at radius 3 is 2.67 bits per heavy atom. The molecule has 1 heterocycles. The fourth-order valence-corrected chi connectivity index (χ4v) is 1.99. The summed E-state index contributed by atoms with van der Waals surface area (Å²) in [5.41, 5.74) is 0. The molecule has 0 radical (unpaired) electrons. The molecular weight excluding hydrogens is 196 g/mol. The van der Waals surface area contributed by atoms with E-state index in [2.05, 4.69) is 5.32 Å². The van der Waals surface area contributed by atoms with E-state index in [1.54, 1.807) is 0 Å². The van der Waals surface area contributed by atoms with Gasteiger partial charge in [-0.05, 0) is 26.8 Å². The number of hydrogen-bond donors (Lipinski definition) is 2. The van der Waals surface area contributed by atoms with E-state index in [9.17, 15) is 9.59 Å². The SMILES string of the molecule is CCNC(=O)CN1CCC(C(=O)O)C1C. The molecule has 0 aliphatic carbocycles. The molecule has 15 heavy (non-hydrogen) atoms. The summed E-state index contributed by atoms with van der Waals surface area (Å²) >= 11 is 0. The van der Waals surface area contributed by atoms with E-state index >= 15 is 0 Å². The summed E-state index contributed by atoms with van der Waals surface area (Å²) < 4.78 is 0. The maximum atomic E-state index is 11.3. The lowest BCUT2D eigenvalue weighted by Gasteiger charge is -2.21. The number of likely N-dealkylation sites (N-methyl/N-ethyl adjacent to an activating group) is 1. The van der Waals surface area contributed by atoms with E-state index in [1.807, 2.05) is 18.7 Å². The number of carboxylic acid groups (broad SMARTS) is 1. The first-order chi connectivity index (χ1) is 7.06. The molecule has 1 saturated heterocycles. The van der Waals surface area contributed by atoms with Crippen molar-refractivity contribution in [3.8, 4) is 0 Å². The molecule has 0 saturated carbocycles. The third-order valence-electron chi connectivity index (χ3n) is 2.92. The molecule has 0 bridgehead atoms. The lowest BCUT2D eigenvalue weighted by molar-refractivity contribution is -0.142. The van der Waals surface area contributed by atoms with E-state index in [1.165, 1.54) is 0 Å². The minimum atomic E-state index is -0.763. The van der Waals surface area contributed by atoms with Gasteiger partial charge in [-0.25, -0.2) is 0 Å². The highest BCUT2D eigenvalue weighted by Crippen LogP contribution is 2.23. The van der Waals surface area contributed by atoms with Gasteiger partial charge in [0.15, 0.2) is 0 Å². The highest BCUT2D eigenvalue weighted by Gasteiger charge is 2.36. The van der Waals surface area contributed by atoms with E-state index in [0.717, 1.165) is 0 Å². The minimum Gasteiger partial charge on any atom is -0.481 e. The van der Waals surface area contributed by atoms with Gasteiger partial charge in [-0.15, -0.1) is 0 Å². The maximum Gasteiger partial charge on any atom is 0.308 e. The number of likely N-dealkylation sites (tertiary alicyclic amines) is 1. The second kappa shape index (κ2) is 5.11. The van der Waals surface area contributed by atoms with Crippen LogP contribution < -0.4 is 5.32 Å². The first-order valence-corrected chi connectivity index (χ1v) is 5.29. The zero-order valence-corrected chi connectivity index (χ0v) is 9.19. The van der Waals surface area contributed by atoms with Crippen LogP contribution in [0.2, 0.25) is 0 Å². The third kappa shape index (κ3) is 2.92. The Morgan fingerprint density at radius 2 is 2.20 bits per heavy atom. The maximum absolute atomic E-state index is 11.3. The summed E-state index contributed by atoms with van der Waals surface area (Å²) in [6.07, 6.45) is 0.635. The summed E-state index contributed by atoms with van der Waals surface area (Å²) in [5.74, 6) is -1.13. The van der Waals surface area contributed by atoms with Gasteiger partial charge in [0.25, 0.3) is 0 Å². The molecule has 2 N–H and O–H groups in total. The molecule has 2 unspecified atom stereocenters. The van der Waals surface area contributed by atoms with Crippen LogP contribution in [-0.2, 0) is 9.59 Å². The molecule has 5 nitrogen and oxygen atoms in total. The van der Waals surface area contributed by atoms with Crippen LogP contribution in [0.5, 0.6) is 0 Å². The molecule has 0 aromatic heterocycles. The Morgan fingerprint density at radius 1 is 1.53 bits per heavy atom. The van der Waals surface area contributed by atoms with Crippen LogP contribution >= 0.6 is 0 Å². The van der Waals surface area contributed by atoms with Crippen molar-refractivity contribution in [1.82, 2.24) is 10.2 Å². The molecule has 1 fully saturated rings. The number of nitrogens with one attached hydrogen (secondary N) is 1. The van der Waals surface area contributed by atoms with Crippen LogP contribution in [-0.4, -0.2) is 47.6 Å². The third-order valence-corrected chi connectivity index (χ3v) is 2.92. The first kappa shape index (κ1) is 12.0. The Kier molecular flexibility index (Phi) is 4.08. The summed E-state index contributed by atoms with van der Waals surface area (Å²) in [4.78, 5) is 24.1. The molecule has 1 rings (SSSR count). The molecule has 1 amide bonds. The Bertz CT molecular complexity index is 255. The monoisotopic (exact) mass is 214 g/mol. The topological polar surface area (TPSA) is 69.6 Å². The van der Waals surface area contributed by atoms with Gasteiger partial charge in [0.05, 0.1) is 12.5 Å². The van der Waals surface area contributed by atoms with Crippen LogP contribution in [0, 0.1) is 5.92 Å². The lowest BCUT2D eigenvalue weighted by atomic mass is 10.0. The van der Waals surface area contributed by atoms with Gasteiger partial charge in [0.1, 0.15) is 0 Å². The standard InChI is InChI=1S/C10H18N2O3/c1-3-11-9(13)6-12-5-4-8(7(12)2)10(14)15/h7-8H,3-6H2,1-2H3,(H,11,13)(H,14,15). The number of nitrogens with zero attached hydrogens (tertiary/aromatic N) is 1. The van der Waals surface area contributed by atoms with Gasteiger partial charge >= 0.3 is 5.97 Å². The zero-order chi connectivity index (χ0) is 11.4. The van der Waals surface area contributed by atoms with Crippen molar-refractivity contribution in [2.75, 3.05) is 19.6 Å². The largest absolute Gasteiger partial charge is 0.481 e. The Labute approximate surface area is 89.4 Å². The number of carboxylic acids is 1. The number of amides is 1. The zero-order valence-electron chi connectivity index (χ0n) is 9.19. The van der Waals surface area contributed by atoms with Gasteiger partial charge in [0.2, 0.25) is 5.91 Å². The number of aliphatic carboxylic acids is 1. The summed E-state index contributed by atoms with van der Waals surface area (Å²) in [5, 5.41) is 11.6. The van der Waals surface area contributed by atoms with Crippen LogP contribution in [0.3, 0.4) is 0 Å². The fraction of sp³-hybridized carbons (Fsp3) is 0.800. The van der Waals surface area contributed by atoms with E-state index in [4.69, 9.17) is 5.11 Å². The van der Waals surface area contributed by atoms with Crippen molar-refractivity contribution in [1.29, 1.82) is 0 Å². The fourth-order valence-electron chi connectivity index (χ4n) is 1.99. The molecule has 0 aromatic carbocycles. The molecule has 1 aliphatic rings. The predicted octanol–water partition coefficient (Wildman–Crippen LogP) is -0.0825. The van der Waals surface area contributed by atoms with Gasteiger partial charge in [-0.1, -0.05) is 0 Å². The normalized spacial score (nSPS) is 26.5. The Balaban J connectivity index is 2.45. The van der Waals surface area contributed by atoms with Crippen molar-refractivity contribution >= 4 is 11.9 Å². The van der Waals surface area contributed by atoms with Crippen LogP contribution in [0.15, 0.2) is 0 Å². The van der Waals surface area contributed by atoms with Crippen molar-refractivity contribution in [2.45, 2.75) is 26.3 Å². The van der Waals surface area contributed by atoms with Crippen LogP contribution in [0.25, 0.3) is 0 Å². The molecule has 0 spiro atoms.